The third-order valence-electron chi connectivity index (χ3n) is 4.08. The molecular weight excluding hydrogens is 374 g/mol. The van der Waals surface area contributed by atoms with E-state index in [0.29, 0.717) is 22.7 Å². The number of thiophene rings is 1. The number of ether oxygens (including phenoxy) is 1. The molecule has 0 saturated carbocycles. The molecular formula is C21H21N3O3S. The number of carbonyl (C=O) groups excluding carboxylic acids is 2. The number of pyridine rings is 1. The summed E-state index contributed by atoms with van der Waals surface area (Å²) in [4.78, 5) is 31.2. The number of amides is 2. The van der Waals surface area contributed by atoms with Crippen molar-refractivity contribution in [3.63, 3.8) is 0 Å². The maximum absolute atomic E-state index is 12.6. The first-order chi connectivity index (χ1) is 13.4. The van der Waals surface area contributed by atoms with E-state index >= 15 is 0 Å². The number of anilines is 1. The molecule has 0 spiro atoms. The van der Waals surface area contributed by atoms with Gasteiger partial charge in [-0.25, -0.2) is 0 Å². The summed E-state index contributed by atoms with van der Waals surface area (Å²) in [7, 11) is 3.35. The molecule has 144 valence electrons. The summed E-state index contributed by atoms with van der Waals surface area (Å²) in [6.45, 7) is 1.80. The predicted octanol–water partition coefficient (Wildman–Crippen LogP) is 3.84. The van der Waals surface area contributed by atoms with E-state index in [1.165, 1.54) is 4.90 Å². The fraction of sp³-hybridized carbons (Fsp3) is 0.190. The molecule has 0 aliphatic rings. The quantitative estimate of drug-likeness (QED) is 0.688. The lowest BCUT2D eigenvalue weighted by atomic mass is 10.1. The Balaban J connectivity index is 1.64. The lowest BCUT2D eigenvalue weighted by Crippen LogP contribution is -2.27. The molecule has 0 radical (unpaired) electrons. The van der Waals surface area contributed by atoms with Crippen molar-refractivity contribution in [2.45, 2.75) is 6.92 Å². The molecule has 1 aromatic carbocycles. The molecule has 0 saturated heterocycles. The van der Waals surface area contributed by atoms with Gasteiger partial charge in [0.2, 0.25) is 0 Å². The van der Waals surface area contributed by atoms with Crippen molar-refractivity contribution in [3.05, 3.63) is 65.2 Å². The summed E-state index contributed by atoms with van der Waals surface area (Å²) in [5.41, 5.74) is 2.69. The molecule has 2 heterocycles. The average Bonchev–Trinajstić information content (AvgIpc) is 3.21. The zero-order valence-electron chi connectivity index (χ0n) is 15.9. The Morgan fingerprint density at radius 3 is 2.46 bits per heavy atom. The van der Waals surface area contributed by atoms with Gasteiger partial charge in [-0.1, -0.05) is 6.07 Å². The van der Waals surface area contributed by atoms with Crippen LogP contribution in [0, 0.1) is 6.92 Å². The zero-order chi connectivity index (χ0) is 20.1. The Bertz CT molecular complexity index is 967. The highest BCUT2D eigenvalue weighted by Gasteiger charge is 2.12. The van der Waals surface area contributed by atoms with Crippen LogP contribution >= 0.6 is 11.3 Å². The van der Waals surface area contributed by atoms with Crippen LogP contribution in [0.2, 0.25) is 0 Å². The first-order valence-electron chi connectivity index (χ1n) is 8.70. The van der Waals surface area contributed by atoms with Crippen molar-refractivity contribution < 1.29 is 14.3 Å². The minimum absolute atomic E-state index is 0.0276. The van der Waals surface area contributed by atoms with Crippen molar-refractivity contribution in [3.8, 4) is 16.3 Å². The van der Waals surface area contributed by atoms with Crippen LogP contribution in [0.1, 0.15) is 16.1 Å². The Kier molecular flexibility index (Phi) is 6.06. The lowest BCUT2D eigenvalue weighted by Gasteiger charge is -2.12. The summed E-state index contributed by atoms with van der Waals surface area (Å²) in [5.74, 6) is 0.219. The monoisotopic (exact) mass is 395 g/mol. The summed E-state index contributed by atoms with van der Waals surface area (Å²) < 4.78 is 5.43. The van der Waals surface area contributed by atoms with Gasteiger partial charge in [0.25, 0.3) is 11.8 Å². The first kappa shape index (κ1) is 19.6. The molecule has 0 aliphatic heterocycles. The number of nitrogens with zero attached hydrogens (tertiary/aromatic N) is 2. The molecule has 0 fully saturated rings. The highest BCUT2D eigenvalue weighted by Crippen LogP contribution is 2.24. The predicted molar refractivity (Wildman–Crippen MR) is 111 cm³/mol. The maximum atomic E-state index is 12.6. The number of likely N-dealkylation sites (N-methyl/N-ethyl adjacent to an activating group) is 1. The third-order valence-corrected chi connectivity index (χ3v) is 4.97. The average molecular weight is 395 g/mol. The van der Waals surface area contributed by atoms with E-state index in [1.54, 1.807) is 55.8 Å². The minimum Gasteiger partial charge on any atom is -0.484 e. The topological polar surface area (TPSA) is 71.5 Å². The van der Waals surface area contributed by atoms with E-state index in [9.17, 15) is 9.59 Å². The molecule has 7 heteroatoms. The summed E-state index contributed by atoms with van der Waals surface area (Å²) in [5, 5.41) is 4.85. The van der Waals surface area contributed by atoms with Crippen LogP contribution < -0.4 is 10.1 Å². The Hall–Kier alpha value is -3.19. The Labute approximate surface area is 167 Å². The molecule has 28 heavy (non-hydrogen) atoms. The number of benzene rings is 1. The van der Waals surface area contributed by atoms with E-state index < -0.39 is 0 Å². The number of hydrogen-bond acceptors (Lipinski definition) is 5. The second-order valence-electron chi connectivity index (χ2n) is 6.36. The minimum atomic E-state index is -0.223. The van der Waals surface area contributed by atoms with Crippen LogP contribution in [0.15, 0.2) is 53.9 Å². The van der Waals surface area contributed by atoms with E-state index in [0.717, 1.165) is 10.6 Å². The van der Waals surface area contributed by atoms with Crippen LogP contribution in [0.25, 0.3) is 10.6 Å². The summed E-state index contributed by atoms with van der Waals surface area (Å²) in [6.07, 6.45) is 0. The fourth-order valence-corrected chi connectivity index (χ4v) is 3.16. The van der Waals surface area contributed by atoms with Crippen molar-refractivity contribution in [2.75, 3.05) is 26.0 Å². The maximum Gasteiger partial charge on any atom is 0.259 e. The van der Waals surface area contributed by atoms with Gasteiger partial charge in [-0.15, -0.1) is 11.3 Å². The zero-order valence-corrected chi connectivity index (χ0v) is 16.7. The lowest BCUT2D eigenvalue weighted by molar-refractivity contribution is -0.130. The number of hydrogen-bond donors (Lipinski definition) is 1. The van der Waals surface area contributed by atoms with Crippen LogP contribution in [0.5, 0.6) is 5.75 Å². The fourth-order valence-electron chi connectivity index (χ4n) is 2.47. The number of rotatable bonds is 6. The van der Waals surface area contributed by atoms with Crippen molar-refractivity contribution in [2.24, 2.45) is 0 Å². The largest absolute Gasteiger partial charge is 0.484 e. The van der Waals surface area contributed by atoms with Crippen LogP contribution in [0.3, 0.4) is 0 Å². The highest BCUT2D eigenvalue weighted by atomic mass is 32.1. The van der Waals surface area contributed by atoms with E-state index in [-0.39, 0.29) is 18.4 Å². The second kappa shape index (κ2) is 8.67. The smallest absolute Gasteiger partial charge is 0.259 e. The molecule has 0 unspecified atom stereocenters. The Morgan fingerprint density at radius 1 is 1.11 bits per heavy atom. The first-order valence-corrected chi connectivity index (χ1v) is 9.58. The Morgan fingerprint density at radius 2 is 1.86 bits per heavy atom. The molecule has 2 aromatic heterocycles. The summed E-state index contributed by atoms with van der Waals surface area (Å²) in [6, 6.07) is 14.5. The molecule has 0 aliphatic carbocycles. The van der Waals surface area contributed by atoms with Crippen LogP contribution in [-0.4, -0.2) is 42.4 Å². The molecule has 0 bridgehead atoms. The van der Waals surface area contributed by atoms with Gasteiger partial charge in [0, 0.05) is 19.8 Å². The standard InChI is InChI=1S/C21H21N3O3S/c1-14-17(10-11-18(22-14)19-5-4-12-28-19)21(26)23-15-6-8-16(9-7-15)27-13-20(25)24(2)3/h4-12H,13H2,1-3H3,(H,23,26). The molecule has 6 nitrogen and oxygen atoms in total. The van der Waals surface area contributed by atoms with Gasteiger partial charge in [0.15, 0.2) is 6.61 Å². The van der Waals surface area contributed by atoms with Crippen LogP contribution in [0.4, 0.5) is 5.69 Å². The second-order valence-corrected chi connectivity index (χ2v) is 7.31. The van der Waals surface area contributed by atoms with Gasteiger partial charge in [-0.2, -0.15) is 0 Å². The number of nitrogens with one attached hydrogen (secondary N) is 1. The van der Waals surface area contributed by atoms with Gasteiger partial charge in [0.1, 0.15) is 5.75 Å². The normalized spacial score (nSPS) is 10.4. The molecule has 0 atom stereocenters. The highest BCUT2D eigenvalue weighted by molar-refractivity contribution is 7.13. The van der Waals surface area contributed by atoms with E-state index in [2.05, 4.69) is 10.3 Å². The van der Waals surface area contributed by atoms with Gasteiger partial charge in [-0.3, -0.25) is 14.6 Å². The number of aryl methyl sites for hydroxylation is 1. The van der Waals surface area contributed by atoms with Crippen molar-refractivity contribution >= 4 is 28.8 Å². The molecule has 3 aromatic rings. The molecule has 2 amide bonds. The SMILES string of the molecule is Cc1nc(-c2cccs2)ccc1C(=O)Nc1ccc(OCC(=O)N(C)C)cc1. The van der Waals surface area contributed by atoms with Crippen molar-refractivity contribution in [1.82, 2.24) is 9.88 Å². The summed E-state index contributed by atoms with van der Waals surface area (Å²) >= 11 is 1.61. The number of carbonyl (C=O) groups is 2. The van der Waals surface area contributed by atoms with Gasteiger partial charge >= 0.3 is 0 Å². The van der Waals surface area contributed by atoms with Crippen molar-refractivity contribution in [1.29, 1.82) is 0 Å². The third kappa shape index (κ3) is 4.75. The van der Waals surface area contributed by atoms with Gasteiger partial charge in [0.05, 0.1) is 21.8 Å². The van der Waals surface area contributed by atoms with Crippen LogP contribution in [-0.2, 0) is 4.79 Å². The van der Waals surface area contributed by atoms with Gasteiger partial charge < -0.3 is 15.0 Å². The molecule has 3 rings (SSSR count). The molecule has 1 N–H and O–H groups in total. The van der Waals surface area contributed by atoms with E-state index in [1.807, 2.05) is 30.5 Å². The van der Waals surface area contributed by atoms with Gasteiger partial charge in [-0.05, 0) is 54.8 Å². The van der Waals surface area contributed by atoms with E-state index in [4.69, 9.17) is 4.74 Å². The number of aromatic nitrogens is 1.